The zero-order valence-electron chi connectivity index (χ0n) is 14.5. The van der Waals surface area contributed by atoms with E-state index in [1.54, 1.807) is 54.5 Å². The molecule has 26 heavy (non-hydrogen) atoms. The predicted molar refractivity (Wildman–Crippen MR) is 100 cm³/mol. The minimum absolute atomic E-state index is 0.130. The molecule has 0 spiro atoms. The molecule has 2 aromatic rings. The van der Waals surface area contributed by atoms with Crippen molar-refractivity contribution in [2.45, 2.75) is 6.42 Å². The van der Waals surface area contributed by atoms with Gasteiger partial charge < -0.3 is 19.7 Å². The van der Waals surface area contributed by atoms with E-state index >= 15 is 0 Å². The van der Waals surface area contributed by atoms with Gasteiger partial charge in [-0.15, -0.1) is 0 Å². The van der Waals surface area contributed by atoms with E-state index in [1.807, 2.05) is 0 Å². The standard InChI is InChI=1S/C19H19ClN2O4/c1-25-15-5-3-4-14(10-15)21-19(24)12-8-18(23)22(11-12)16-9-13(20)6-7-17(16)26-2/h3-7,9-10,12H,8,11H2,1-2H3,(H,21,24)/t12-/m1/s1. The lowest BCUT2D eigenvalue weighted by Gasteiger charge is -2.20. The number of hydrogen-bond donors (Lipinski definition) is 1. The topological polar surface area (TPSA) is 67.9 Å². The average molecular weight is 375 g/mol. The maximum absolute atomic E-state index is 12.6. The van der Waals surface area contributed by atoms with Crippen molar-refractivity contribution >= 4 is 34.8 Å². The molecule has 1 fully saturated rings. The van der Waals surface area contributed by atoms with Crippen molar-refractivity contribution < 1.29 is 19.1 Å². The Bertz CT molecular complexity index is 840. The van der Waals surface area contributed by atoms with Gasteiger partial charge in [0.25, 0.3) is 0 Å². The number of amides is 2. The van der Waals surface area contributed by atoms with E-state index in [0.717, 1.165) is 0 Å². The van der Waals surface area contributed by atoms with Crippen LogP contribution in [0.2, 0.25) is 5.02 Å². The summed E-state index contributed by atoms with van der Waals surface area (Å²) in [6, 6.07) is 12.1. The Morgan fingerprint density at radius 2 is 2.00 bits per heavy atom. The van der Waals surface area contributed by atoms with Crippen LogP contribution in [0.1, 0.15) is 6.42 Å². The number of halogens is 1. The third-order valence-electron chi connectivity index (χ3n) is 4.26. The zero-order valence-corrected chi connectivity index (χ0v) is 15.2. The molecule has 1 N–H and O–H groups in total. The number of nitrogens with one attached hydrogen (secondary N) is 1. The number of anilines is 2. The molecule has 0 saturated carbocycles. The molecule has 1 saturated heterocycles. The molecule has 1 aliphatic rings. The van der Waals surface area contributed by atoms with Crippen LogP contribution in [0.15, 0.2) is 42.5 Å². The van der Waals surface area contributed by atoms with Gasteiger partial charge in [0, 0.05) is 29.7 Å². The van der Waals surface area contributed by atoms with E-state index < -0.39 is 5.92 Å². The number of hydrogen-bond acceptors (Lipinski definition) is 4. The van der Waals surface area contributed by atoms with Crippen molar-refractivity contribution in [1.82, 2.24) is 0 Å². The van der Waals surface area contributed by atoms with Gasteiger partial charge in [0.15, 0.2) is 0 Å². The van der Waals surface area contributed by atoms with Crippen molar-refractivity contribution in [3.8, 4) is 11.5 Å². The monoisotopic (exact) mass is 374 g/mol. The minimum atomic E-state index is -0.461. The van der Waals surface area contributed by atoms with Crippen LogP contribution in [0.25, 0.3) is 0 Å². The van der Waals surface area contributed by atoms with Crippen molar-refractivity contribution in [3.63, 3.8) is 0 Å². The van der Waals surface area contributed by atoms with Gasteiger partial charge >= 0.3 is 0 Å². The fourth-order valence-electron chi connectivity index (χ4n) is 2.94. The van der Waals surface area contributed by atoms with E-state index in [-0.39, 0.29) is 24.8 Å². The fourth-order valence-corrected chi connectivity index (χ4v) is 3.10. The van der Waals surface area contributed by atoms with Gasteiger partial charge in [-0.2, -0.15) is 0 Å². The Labute approximate surface area is 156 Å². The van der Waals surface area contributed by atoms with Gasteiger partial charge in [0.2, 0.25) is 11.8 Å². The molecule has 136 valence electrons. The molecule has 0 unspecified atom stereocenters. The molecule has 0 bridgehead atoms. The number of rotatable bonds is 5. The van der Waals surface area contributed by atoms with Crippen molar-refractivity contribution in [1.29, 1.82) is 0 Å². The summed E-state index contributed by atoms with van der Waals surface area (Å²) in [7, 11) is 3.09. The number of carbonyl (C=O) groups excluding carboxylic acids is 2. The van der Waals surface area contributed by atoms with E-state index in [4.69, 9.17) is 21.1 Å². The van der Waals surface area contributed by atoms with Crippen LogP contribution in [0.4, 0.5) is 11.4 Å². The van der Waals surface area contributed by atoms with Gasteiger partial charge in [-0.1, -0.05) is 17.7 Å². The zero-order chi connectivity index (χ0) is 18.7. The summed E-state index contributed by atoms with van der Waals surface area (Å²) in [6.07, 6.45) is 0.130. The predicted octanol–water partition coefficient (Wildman–Crippen LogP) is 3.35. The highest BCUT2D eigenvalue weighted by Crippen LogP contribution is 2.35. The van der Waals surface area contributed by atoms with Gasteiger partial charge in [-0.05, 0) is 30.3 Å². The van der Waals surface area contributed by atoms with Crippen molar-refractivity contribution in [2.75, 3.05) is 31.0 Å². The summed E-state index contributed by atoms with van der Waals surface area (Å²) in [4.78, 5) is 26.6. The van der Waals surface area contributed by atoms with Crippen molar-refractivity contribution in [3.05, 3.63) is 47.5 Å². The summed E-state index contributed by atoms with van der Waals surface area (Å²) in [6.45, 7) is 0.269. The average Bonchev–Trinajstić information content (AvgIpc) is 3.03. The number of nitrogens with zero attached hydrogens (tertiary/aromatic N) is 1. The van der Waals surface area contributed by atoms with Crippen LogP contribution in [0.3, 0.4) is 0 Å². The SMILES string of the molecule is COc1cccc(NC(=O)[C@@H]2CC(=O)N(c3cc(Cl)ccc3OC)C2)c1. The van der Waals surface area contributed by atoms with Crippen LogP contribution in [-0.2, 0) is 9.59 Å². The molecule has 1 heterocycles. The number of carbonyl (C=O) groups is 2. The number of benzene rings is 2. The Morgan fingerprint density at radius 1 is 1.19 bits per heavy atom. The normalized spacial score (nSPS) is 16.5. The van der Waals surface area contributed by atoms with Gasteiger partial charge in [-0.3, -0.25) is 9.59 Å². The molecule has 2 aromatic carbocycles. The minimum Gasteiger partial charge on any atom is -0.497 e. The number of ether oxygens (including phenoxy) is 2. The molecule has 3 rings (SSSR count). The first kappa shape index (κ1) is 18.1. The quantitative estimate of drug-likeness (QED) is 0.871. The van der Waals surface area contributed by atoms with E-state index in [0.29, 0.717) is 27.9 Å². The molecular weight excluding hydrogens is 356 g/mol. The summed E-state index contributed by atoms with van der Waals surface area (Å²) in [5, 5.41) is 3.33. The van der Waals surface area contributed by atoms with Crippen molar-refractivity contribution in [2.24, 2.45) is 5.92 Å². The van der Waals surface area contributed by atoms with Gasteiger partial charge in [-0.25, -0.2) is 0 Å². The second-order valence-electron chi connectivity index (χ2n) is 5.94. The lowest BCUT2D eigenvalue weighted by Crippen LogP contribution is -2.28. The molecule has 0 aromatic heterocycles. The Balaban J connectivity index is 1.75. The first-order valence-electron chi connectivity index (χ1n) is 8.10. The number of methoxy groups -OCH3 is 2. The molecular formula is C19H19ClN2O4. The molecule has 0 radical (unpaired) electrons. The summed E-state index contributed by atoms with van der Waals surface area (Å²) in [5.74, 6) is 0.371. The lowest BCUT2D eigenvalue weighted by molar-refractivity contribution is -0.122. The maximum atomic E-state index is 12.6. The lowest BCUT2D eigenvalue weighted by atomic mass is 10.1. The molecule has 1 aliphatic heterocycles. The molecule has 6 nitrogen and oxygen atoms in total. The molecule has 2 amide bonds. The molecule has 7 heteroatoms. The third-order valence-corrected chi connectivity index (χ3v) is 4.50. The summed E-state index contributed by atoms with van der Waals surface area (Å²) < 4.78 is 10.5. The third kappa shape index (κ3) is 3.75. The van der Waals surface area contributed by atoms with Crippen LogP contribution in [0.5, 0.6) is 11.5 Å². The summed E-state index contributed by atoms with van der Waals surface area (Å²) in [5.41, 5.74) is 1.20. The van der Waals surface area contributed by atoms with Crippen LogP contribution in [0, 0.1) is 5.92 Å². The second kappa shape index (κ2) is 7.66. The Kier molecular flexibility index (Phi) is 5.32. The highest BCUT2D eigenvalue weighted by molar-refractivity contribution is 6.31. The van der Waals surface area contributed by atoms with E-state index in [1.165, 1.54) is 7.11 Å². The first-order valence-corrected chi connectivity index (χ1v) is 8.48. The van der Waals surface area contributed by atoms with Gasteiger partial charge in [0.1, 0.15) is 11.5 Å². The smallest absolute Gasteiger partial charge is 0.229 e. The molecule has 0 aliphatic carbocycles. The first-order chi connectivity index (χ1) is 12.5. The summed E-state index contributed by atoms with van der Waals surface area (Å²) >= 11 is 6.05. The van der Waals surface area contributed by atoms with E-state index in [2.05, 4.69) is 5.32 Å². The van der Waals surface area contributed by atoms with Gasteiger partial charge in [0.05, 0.1) is 25.8 Å². The van der Waals surface area contributed by atoms with Crippen LogP contribution < -0.4 is 19.7 Å². The fraction of sp³-hybridized carbons (Fsp3) is 0.263. The van der Waals surface area contributed by atoms with Crippen LogP contribution >= 0.6 is 11.6 Å². The maximum Gasteiger partial charge on any atom is 0.229 e. The Morgan fingerprint density at radius 3 is 2.73 bits per heavy atom. The Hall–Kier alpha value is -2.73. The highest BCUT2D eigenvalue weighted by atomic mass is 35.5. The highest BCUT2D eigenvalue weighted by Gasteiger charge is 2.36. The van der Waals surface area contributed by atoms with E-state index in [9.17, 15) is 9.59 Å². The second-order valence-corrected chi connectivity index (χ2v) is 6.38. The van der Waals surface area contributed by atoms with Crippen LogP contribution in [-0.4, -0.2) is 32.6 Å². The molecule has 1 atom stereocenters. The largest absolute Gasteiger partial charge is 0.497 e.